The van der Waals surface area contributed by atoms with E-state index < -0.39 is 17.6 Å². The number of benzene rings is 1. The largest absolute Gasteiger partial charge is 0.505 e. The fourth-order valence-corrected chi connectivity index (χ4v) is 0.958. The zero-order valence-corrected chi connectivity index (χ0v) is 7.72. The van der Waals surface area contributed by atoms with Crippen molar-refractivity contribution >= 4 is 12.4 Å². The van der Waals surface area contributed by atoms with Gasteiger partial charge in [-0.15, -0.1) is 12.4 Å². The minimum absolute atomic E-state index is 0. The topological polar surface area (TPSA) is 72.3 Å². The van der Waals surface area contributed by atoms with Gasteiger partial charge in [-0.05, 0) is 6.07 Å². The van der Waals surface area contributed by atoms with Gasteiger partial charge in [0.15, 0.2) is 11.6 Å². The highest BCUT2D eigenvalue weighted by molar-refractivity contribution is 5.85. The quantitative estimate of drug-likeness (QED) is 0.674. The third-order valence-corrected chi connectivity index (χ3v) is 1.67. The second kappa shape index (κ2) is 5.01. The molecule has 0 aliphatic rings. The first-order valence-corrected chi connectivity index (χ1v) is 3.60. The van der Waals surface area contributed by atoms with E-state index in [0.717, 1.165) is 0 Å². The molecule has 0 aliphatic carbocycles. The molecule has 0 radical (unpaired) electrons. The summed E-state index contributed by atoms with van der Waals surface area (Å²) in [7, 11) is 0. The summed E-state index contributed by atoms with van der Waals surface area (Å²) in [5, 5.41) is 9.19. The molecule has 0 fully saturated rings. The standard InChI is InChI=1S/C8H11FN2O.ClH/c9-6-3-1-2-5(8(6)12)7(11)4-10;/h1-3,7,12H,4,10-11H2;1H/t7-;/m0./s1. The van der Waals surface area contributed by atoms with E-state index in [4.69, 9.17) is 11.5 Å². The van der Waals surface area contributed by atoms with Crippen LogP contribution in [0.25, 0.3) is 0 Å². The number of para-hydroxylation sites is 1. The monoisotopic (exact) mass is 206 g/mol. The predicted molar refractivity (Wildman–Crippen MR) is 51.3 cm³/mol. The fourth-order valence-electron chi connectivity index (χ4n) is 0.958. The minimum Gasteiger partial charge on any atom is -0.505 e. The van der Waals surface area contributed by atoms with Crippen LogP contribution in [0.15, 0.2) is 18.2 Å². The molecule has 0 heterocycles. The Bertz CT molecular complexity index is 283. The van der Waals surface area contributed by atoms with Gasteiger partial charge in [0.2, 0.25) is 0 Å². The van der Waals surface area contributed by atoms with Crippen LogP contribution in [-0.4, -0.2) is 11.7 Å². The van der Waals surface area contributed by atoms with Crippen molar-refractivity contribution in [3.8, 4) is 5.75 Å². The Morgan fingerprint density at radius 1 is 1.46 bits per heavy atom. The maximum Gasteiger partial charge on any atom is 0.165 e. The van der Waals surface area contributed by atoms with Crippen LogP contribution in [0, 0.1) is 5.82 Å². The highest BCUT2D eigenvalue weighted by Crippen LogP contribution is 2.24. The normalized spacial score (nSPS) is 11.9. The van der Waals surface area contributed by atoms with Crippen LogP contribution >= 0.6 is 12.4 Å². The summed E-state index contributed by atoms with van der Waals surface area (Å²) in [6.07, 6.45) is 0. The molecule has 0 spiro atoms. The molecule has 3 nitrogen and oxygen atoms in total. The van der Waals surface area contributed by atoms with Crippen LogP contribution in [0.2, 0.25) is 0 Å². The molecule has 5 N–H and O–H groups in total. The molecule has 1 aromatic carbocycles. The number of hydrogen-bond acceptors (Lipinski definition) is 3. The molecule has 1 aromatic rings. The summed E-state index contributed by atoms with van der Waals surface area (Å²) in [5.41, 5.74) is 11.1. The van der Waals surface area contributed by atoms with Crippen molar-refractivity contribution in [2.24, 2.45) is 11.5 Å². The summed E-state index contributed by atoms with van der Waals surface area (Å²) in [6.45, 7) is 0.178. The number of phenols is 1. The average molecular weight is 207 g/mol. The zero-order chi connectivity index (χ0) is 9.14. The lowest BCUT2D eigenvalue weighted by Gasteiger charge is -2.10. The molecular weight excluding hydrogens is 195 g/mol. The van der Waals surface area contributed by atoms with Gasteiger partial charge in [-0.3, -0.25) is 0 Å². The molecule has 0 saturated heterocycles. The van der Waals surface area contributed by atoms with E-state index in [1.807, 2.05) is 0 Å². The molecule has 1 rings (SSSR count). The van der Waals surface area contributed by atoms with Gasteiger partial charge in [-0.2, -0.15) is 0 Å². The Morgan fingerprint density at radius 3 is 2.62 bits per heavy atom. The van der Waals surface area contributed by atoms with Crippen molar-refractivity contribution in [3.05, 3.63) is 29.6 Å². The average Bonchev–Trinajstić information content (AvgIpc) is 2.08. The van der Waals surface area contributed by atoms with Gasteiger partial charge in [0, 0.05) is 18.2 Å². The molecule has 0 amide bonds. The van der Waals surface area contributed by atoms with Crippen molar-refractivity contribution < 1.29 is 9.50 Å². The van der Waals surface area contributed by atoms with E-state index in [2.05, 4.69) is 0 Å². The van der Waals surface area contributed by atoms with E-state index in [1.165, 1.54) is 12.1 Å². The van der Waals surface area contributed by atoms with Crippen molar-refractivity contribution in [2.45, 2.75) is 6.04 Å². The number of nitrogens with two attached hydrogens (primary N) is 2. The van der Waals surface area contributed by atoms with Gasteiger partial charge in [0.25, 0.3) is 0 Å². The Kier molecular flexibility index (Phi) is 4.69. The van der Waals surface area contributed by atoms with Crippen molar-refractivity contribution in [1.82, 2.24) is 0 Å². The Balaban J connectivity index is 0.00000144. The third kappa shape index (κ3) is 2.55. The highest BCUT2D eigenvalue weighted by Gasteiger charge is 2.11. The highest BCUT2D eigenvalue weighted by atomic mass is 35.5. The first-order valence-electron chi connectivity index (χ1n) is 3.60. The molecule has 0 unspecified atom stereocenters. The van der Waals surface area contributed by atoms with Gasteiger partial charge >= 0.3 is 0 Å². The number of hydrogen-bond donors (Lipinski definition) is 3. The maximum atomic E-state index is 12.7. The van der Waals surface area contributed by atoms with E-state index in [9.17, 15) is 9.50 Å². The van der Waals surface area contributed by atoms with Crippen LogP contribution in [0.1, 0.15) is 11.6 Å². The van der Waals surface area contributed by atoms with Crippen LogP contribution in [0.3, 0.4) is 0 Å². The molecule has 0 aromatic heterocycles. The van der Waals surface area contributed by atoms with Gasteiger partial charge in [0.1, 0.15) is 0 Å². The third-order valence-electron chi connectivity index (χ3n) is 1.67. The first-order chi connectivity index (χ1) is 5.66. The van der Waals surface area contributed by atoms with Gasteiger partial charge < -0.3 is 16.6 Å². The van der Waals surface area contributed by atoms with Gasteiger partial charge in [-0.1, -0.05) is 12.1 Å². The number of halogens is 2. The maximum absolute atomic E-state index is 12.7. The number of phenolic OH excluding ortho intramolecular Hbond substituents is 1. The summed E-state index contributed by atoms with van der Waals surface area (Å²) in [5.74, 6) is -1.08. The van der Waals surface area contributed by atoms with Crippen molar-refractivity contribution in [1.29, 1.82) is 0 Å². The van der Waals surface area contributed by atoms with E-state index in [-0.39, 0.29) is 19.0 Å². The molecule has 74 valence electrons. The SMILES string of the molecule is Cl.NC[C@H](N)c1cccc(F)c1O. The molecule has 0 aliphatic heterocycles. The van der Waals surface area contributed by atoms with Crippen LogP contribution in [0.5, 0.6) is 5.75 Å². The predicted octanol–water partition coefficient (Wildman–Crippen LogP) is 0.912. The molecular formula is C8H12ClFN2O. The summed E-state index contributed by atoms with van der Waals surface area (Å²) >= 11 is 0. The van der Waals surface area contributed by atoms with E-state index in [1.54, 1.807) is 6.07 Å². The molecule has 0 bridgehead atoms. The second-order valence-corrected chi connectivity index (χ2v) is 2.52. The molecule has 13 heavy (non-hydrogen) atoms. The Hall–Kier alpha value is -0.840. The minimum atomic E-state index is -0.670. The second-order valence-electron chi connectivity index (χ2n) is 2.52. The Labute approximate surface area is 82.0 Å². The molecule has 0 saturated carbocycles. The smallest absolute Gasteiger partial charge is 0.165 e. The first kappa shape index (κ1) is 12.2. The summed E-state index contributed by atoms with van der Waals surface area (Å²) in [6, 6.07) is 3.69. The lowest BCUT2D eigenvalue weighted by molar-refractivity contribution is 0.421. The Morgan fingerprint density at radius 2 is 2.08 bits per heavy atom. The summed E-state index contributed by atoms with van der Waals surface area (Å²) < 4.78 is 12.7. The van der Waals surface area contributed by atoms with Crippen LogP contribution < -0.4 is 11.5 Å². The lowest BCUT2D eigenvalue weighted by atomic mass is 10.1. The van der Waals surface area contributed by atoms with Crippen molar-refractivity contribution in [3.63, 3.8) is 0 Å². The summed E-state index contributed by atoms with van der Waals surface area (Å²) in [4.78, 5) is 0. The van der Waals surface area contributed by atoms with Gasteiger partial charge in [-0.25, -0.2) is 4.39 Å². The zero-order valence-electron chi connectivity index (χ0n) is 6.90. The van der Waals surface area contributed by atoms with Crippen LogP contribution in [0.4, 0.5) is 4.39 Å². The van der Waals surface area contributed by atoms with Gasteiger partial charge in [0.05, 0.1) is 0 Å². The number of aromatic hydroxyl groups is 1. The lowest BCUT2D eigenvalue weighted by Crippen LogP contribution is -2.20. The van der Waals surface area contributed by atoms with E-state index in [0.29, 0.717) is 5.56 Å². The van der Waals surface area contributed by atoms with Crippen molar-refractivity contribution in [2.75, 3.05) is 6.54 Å². The van der Waals surface area contributed by atoms with Crippen LogP contribution in [-0.2, 0) is 0 Å². The molecule has 1 atom stereocenters. The number of rotatable bonds is 2. The van der Waals surface area contributed by atoms with E-state index >= 15 is 0 Å². The fraction of sp³-hybridized carbons (Fsp3) is 0.250. The molecule has 5 heteroatoms.